The molecule has 0 radical (unpaired) electrons. The molecule has 0 aliphatic heterocycles. The molecule has 0 atom stereocenters. The molecule has 0 aliphatic rings. The van der Waals surface area contributed by atoms with Crippen molar-refractivity contribution in [3.63, 3.8) is 0 Å². The Labute approximate surface area is 197 Å². The normalized spacial score (nSPS) is 11.0. The molecule has 3 aromatic rings. The third-order valence-electron chi connectivity index (χ3n) is 4.53. The summed E-state index contributed by atoms with van der Waals surface area (Å²) in [6.07, 6.45) is 0. The van der Waals surface area contributed by atoms with Crippen LogP contribution in [-0.4, -0.2) is 40.4 Å². The highest BCUT2D eigenvalue weighted by Crippen LogP contribution is 2.22. The molecule has 3 aromatic carbocycles. The van der Waals surface area contributed by atoms with Crippen LogP contribution >= 0.6 is 11.6 Å². The Hall–Kier alpha value is -3.40. The molecule has 0 unspecified atom stereocenters. The van der Waals surface area contributed by atoms with Gasteiger partial charge in [0, 0.05) is 24.8 Å². The van der Waals surface area contributed by atoms with Crippen LogP contribution in [0.1, 0.15) is 20.7 Å². The maximum Gasteiger partial charge on any atom is 0.257 e. The van der Waals surface area contributed by atoms with Crippen LogP contribution in [0.4, 0.5) is 5.69 Å². The number of benzene rings is 3. The minimum atomic E-state index is -3.89. The molecular weight excluding hydrogens is 466 g/mol. The van der Waals surface area contributed by atoms with Crippen LogP contribution in [-0.2, 0) is 10.0 Å². The Morgan fingerprint density at radius 1 is 0.939 bits per heavy atom. The van der Waals surface area contributed by atoms with Crippen LogP contribution in [0.15, 0.2) is 77.7 Å². The molecule has 8 nitrogen and oxygen atoms in total. The van der Waals surface area contributed by atoms with Crippen molar-refractivity contribution in [1.82, 2.24) is 10.0 Å². The van der Waals surface area contributed by atoms with E-state index in [-0.39, 0.29) is 34.5 Å². The number of sulfonamides is 1. The predicted octanol–water partition coefficient (Wildman–Crippen LogP) is 3.31. The Morgan fingerprint density at radius 2 is 1.64 bits per heavy atom. The minimum Gasteiger partial charge on any atom is -0.492 e. The van der Waals surface area contributed by atoms with E-state index in [9.17, 15) is 18.0 Å². The quantitative estimate of drug-likeness (QED) is 0.401. The van der Waals surface area contributed by atoms with E-state index >= 15 is 0 Å². The number of carbonyl (C=O) groups is 2. The van der Waals surface area contributed by atoms with Crippen LogP contribution in [0.5, 0.6) is 5.75 Å². The van der Waals surface area contributed by atoms with E-state index in [1.54, 1.807) is 36.4 Å². The summed E-state index contributed by atoms with van der Waals surface area (Å²) in [5, 5.41) is 5.25. The maximum atomic E-state index is 12.7. The van der Waals surface area contributed by atoms with E-state index in [4.69, 9.17) is 16.3 Å². The Morgan fingerprint density at radius 3 is 2.30 bits per heavy atom. The topological polar surface area (TPSA) is 114 Å². The molecule has 0 spiro atoms. The Bertz CT molecular complexity index is 1230. The fourth-order valence-corrected chi connectivity index (χ4v) is 4.08. The van der Waals surface area contributed by atoms with Gasteiger partial charge in [0.15, 0.2) is 0 Å². The molecule has 0 heterocycles. The summed E-state index contributed by atoms with van der Waals surface area (Å²) in [5.74, 6) is -0.210. The molecular formula is C23H22ClN3O5S. The van der Waals surface area contributed by atoms with Gasteiger partial charge in [-0.3, -0.25) is 9.59 Å². The van der Waals surface area contributed by atoms with Gasteiger partial charge in [-0.1, -0.05) is 29.8 Å². The molecule has 33 heavy (non-hydrogen) atoms. The monoisotopic (exact) mass is 487 g/mol. The van der Waals surface area contributed by atoms with Crippen LogP contribution in [0.25, 0.3) is 0 Å². The maximum absolute atomic E-state index is 12.7. The van der Waals surface area contributed by atoms with Crippen molar-refractivity contribution in [2.75, 3.05) is 25.5 Å². The summed E-state index contributed by atoms with van der Waals surface area (Å²) in [5.41, 5.74) is 0.854. The van der Waals surface area contributed by atoms with Gasteiger partial charge in [-0.2, -0.15) is 0 Å². The third kappa shape index (κ3) is 6.55. The number of anilines is 1. The van der Waals surface area contributed by atoms with Crippen LogP contribution in [0.2, 0.25) is 5.02 Å². The zero-order valence-electron chi connectivity index (χ0n) is 17.7. The van der Waals surface area contributed by atoms with Gasteiger partial charge in [0.25, 0.3) is 11.8 Å². The van der Waals surface area contributed by atoms with E-state index < -0.39 is 15.9 Å². The van der Waals surface area contributed by atoms with Crippen molar-refractivity contribution >= 4 is 39.1 Å². The SMILES string of the molecule is CNC(=O)c1ccc(NC(=O)c2cc(S(=O)(=O)NCCOc3ccccc3)ccc2Cl)cc1. The lowest BCUT2D eigenvalue weighted by Gasteiger charge is -2.11. The number of ether oxygens (including phenoxy) is 1. The van der Waals surface area contributed by atoms with E-state index in [0.29, 0.717) is 17.0 Å². The van der Waals surface area contributed by atoms with Crippen molar-refractivity contribution in [2.24, 2.45) is 0 Å². The van der Waals surface area contributed by atoms with Gasteiger partial charge in [-0.25, -0.2) is 13.1 Å². The number of para-hydroxylation sites is 1. The predicted molar refractivity (Wildman–Crippen MR) is 126 cm³/mol. The summed E-state index contributed by atoms with van der Waals surface area (Å²) in [7, 11) is -2.37. The van der Waals surface area contributed by atoms with Gasteiger partial charge in [0.05, 0.1) is 15.5 Å². The van der Waals surface area contributed by atoms with E-state index in [1.165, 1.54) is 25.2 Å². The zero-order valence-corrected chi connectivity index (χ0v) is 19.2. The molecule has 172 valence electrons. The van der Waals surface area contributed by atoms with Crippen molar-refractivity contribution in [3.8, 4) is 5.75 Å². The summed E-state index contributed by atoms with van der Waals surface area (Å²) < 4.78 is 33.2. The van der Waals surface area contributed by atoms with Crippen molar-refractivity contribution in [1.29, 1.82) is 0 Å². The van der Waals surface area contributed by atoms with Gasteiger partial charge >= 0.3 is 0 Å². The number of hydrogen-bond donors (Lipinski definition) is 3. The highest BCUT2D eigenvalue weighted by atomic mass is 35.5. The summed E-state index contributed by atoms with van der Waals surface area (Å²) in [4.78, 5) is 24.2. The first-order valence-corrected chi connectivity index (χ1v) is 11.8. The van der Waals surface area contributed by atoms with Gasteiger partial charge in [0.2, 0.25) is 10.0 Å². The molecule has 3 N–H and O–H groups in total. The first-order chi connectivity index (χ1) is 15.8. The highest BCUT2D eigenvalue weighted by Gasteiger charge is 2.19. The molecule has 2 amide bonds. The third-order valence-corrected chi connectivity index (χ3v) is 6.32. The lowest BCUT2D eigenvalue weighted by molar-refractivity contribution is 0.0962. The average molecular weight is 488 g/mol. The second kappa shape index (κ2) is 11.0. The molecule has 0 aromatic heterocycles. The fourth-order valence-electron chi connectivity index (χ4n) is 2.84. The van der Waals surface area contributed by atoms with Crippen LogP contribution in [0.3, 0.4) is 0 Å². The van der Waals surface area contributed by atoms with Gasteiger partial charge in [0.1, 0.15) is 12.4 Å². The first kappa shape index (κ1) is 24.2. The first-order valence-electron chi connectivity index (χ1n) is 9.91. The standard InChI is InChI=1S/C23H22ClN3O5S/c1-25-22(28)16-7-9-17(10-8-16)27-23(29)20-15-19(11-12-21(20)24)33(30,31)26-13-14-32-18-5-3-2-4-6-18/h2-12,15,26H,13-14H2,1H3,(H,25,28)(H,27,29). The second-order valence-corrected chi connectivity index (χ2v) is 8.99. The van der Waals surface area contributed by atoms with Gasteiger partial charge in [-0.05, 0) is 54.6 Å². The van der Waals surface area contributed by atoms with Crippen molar-refractivity contribution in [2.45, 2.75) is 4.90 Å². The van der Waals surface area contributed by atoms with E-state index in [2.05, 4.69) is 15.4 Å². The van der Waals surface area contributed by atoms with Crippen molar-refractivity contribution < 1.29 is 22.7 Å². The molecule has 10 heteroatoms. The van der Waals surface area contributed by atoms with E-state index in [1.807, 2.05) is 18.2 Å². The fraction of sp³-hybridized carbons (Fsp3) is 0.130. The number of hydrogen-bond acceptors (Lipinski definition) is 5. The number of carbonyl (C=O) groups excluding carboxylic acids is 2. The highest BCUT2D eigenvalue weighted by molar-refractivity contribution is 7.89. The van der Waals surface area contributed by atoms with Crippen molar-refractivity contribution in [3.05, 3.63) is 88.9 Å². The number of rotatable bonds is 9. The Balaban J connectivity index is 1.66. The molecule has 0 fully saturated rings. The number of amides is 2. The number of halogens is 1. The van der Waals surface area contributed by atoms with Crippen LogP contribution < -0.4 is 20.1 Å². The summed E-state index contributed by atoms with van der Waals surface area (Å²) in [6.45, 7) is 0.176. The Kier molecular flexibility index (Phi) is 8.05. The lowest BCUT2D eigenvalue weighted by Crippen LogP contribution is -2.28. The minimum absolute atomic E-state index is 0.00421. The molecule has 0 bridgehead atoms. The van der Waals surface area contributed by atoms with Crippen LogP contribution in [0, 0.1) is 0 Å². The smallest absolute Gasteiger partial charge is 0.257 e. The van der Waals surface area contributed by atoms with Gasteiger partial charge in [-0.15, -0.1) is 0 Å². The molecule has 3 rings (SSSR count). The molecule has 0 saturated carbocycles. The molecule has 0 saturated heterocycles. The summed E-state index contributed by atoms with van der Waals surface area (Å²) >= 11 is 6.14. The van der Waals surface area contributed by atoms with Gasteiger partial charge < -0.3 is 15.4 Å². The molecule has 0 aliphatic carbocycles. The average Bonchev–Trinajstić information content (AvgIpc) is 2.82. The summed E-state index contributed by atoms with van der Waals surface area (Å²) in [6, 6.07) is 19.1. The second-order valence-electron chi connectivity index (χ2n) is 6.81. The largest absolute Gasteiger partial charge is 0.492 e. The lowest BCUT2D eigenvalue weighted by atomic mass is 10.1. The number of nitrogens with one attached hydrogen (secondary N) is 3. The van der Waals surface area contributed by atoms with E-state index in [0.717, 1.165) is 0 Å². The zero-order chi connectivity index (χ0) is 23.8.